The molecule has 0 radical (unpaired) electrons. The summed E-state index contributed by atoms with van der Waals surface area (Å²) in [4.78, 5) is 0. The van der Waals surface area contributed by atoms with Gasteiger partial charge < -0.3 is 0 Å². The van der Waals surface area contributed by atoms with Gasteiger partial charge in [-0.3, -0.25) is 0 Å². The Kier molecular flexibility index (Phi) is 3.18. The van der Waals surface area contributed by atoms with Gasteiger partial charge >= 0.3 is 0 Å². The third kappa shape index (κ3) is 2.39. The van der Waals surface area contributed by atoms with Crippen molar-refractivity contribution in [2.24, 2.45) is 5.92 Å². The summed E-state index contributed by atoms with van der Waals surface area (Å²) in [6, 6.07) is 0. The van der Waals surface area contributed by atoms with Crippen LogP contribution in [0.15, 0.2) is 48.6 Å². The molecule has 0 saturated carbocycles. The zero-order valence-corrected chi connectivity index (χ0v) is 7.09. The maximum absolute atomic E-state index is 5.69. The van der Waals surface area contributed by atoms with Crippen LogP contribution in [0.3, 0.4) is 0 Å². The number of halogens is 1. The minimum Gasteiger partial charge on any atom is -0.126 e. The topological polar surface area (TPSA) is 0 Å². The summed E-state index contributed by atoms with van der Waals surface area (Å²) in [6.07, 6.45) is 12.1. The monoisotopic (exact) mass is 166 g/mol. The van der Waals surface area contributed by atoms with Crippen molar-refractivity contribution in [2.75, 3.05) is 5.88 Å². The molecule has 0 N–H and O–H groups in total. The second-order valence-corrected chi connectivity index (χ2v) is 2.74. The Morgan fingerprint density at radius 3 is 3.00 bits per heavy atom. The van der Waals surface area contributed by atoms with E-state index in [0.717, 1.165) is 5.57 Å². The van der Waals surface area contributed by atoms with E-state index in [1.54, 1.807) is 0 Å². The molecule has 0 fully saturated rings. The zero-order chi connectivity index (χ0) is 8.10. The predicted molar refractivity (Wildman–Crippen MR) is 50.8 cm³/mol. The lowest BCUT2D eigenvalue weighted by Gasteiger charge is -1.97. The Bertz CT molecular complexity index is 221. The van der Waals surface area contributed by atoms with Gasteiger partial charge in [-0.1, -0.05) is 43.0 Å². The largest absolute Gasteiger partial charge is 0.126 e. The van der Waals surface area contributed by atoms with Gasteiger partial charge in [-0.05, 0) is 5.57 Å². The van der Waals surface area contributed by atoms with E-state index in [9.17, 15) is 0 Å². The average Bonchev–Trinajstić information content (AvgIpc) is 2.28. The Morgan fingerprint density at radius 2 is 2.36 bits per heavy atom. The van der Waals surface area contributed by atoms with Gasteiger partial charge in [0.1, 0.15) is 0 Å². The highest BCUT2D eigenvalue weighted by atomic mass is 35.5. The van der Waals surface area contributed by atoms with E-state index in [1.165, 1.54) is 0 Å². The van der Waals surface area contributed by atoms with Crippen LogP contribution in [0.25, 0.3) is 0 Å². The number of alkyl halides is 1. The molecule has 0 saturated heterocycles. The van der Waals surface area contributed by atoms with Gasteiger partial charge in [0, 0.05) is 11.8 Å². The van der Waals surface area contributed by atoms with Gasteiger partial charge in [-0.2, -0.15) is 0 Å². The van der Waals surface area contributed by atoms with E-state index < -0.39 is 0 Å². The van der Waals surface area contributed by atoms with Crippen molar-refractivity contribution < 1.29 is 0 Å². The summed E-state index contributed by atoms with van der Waals surface area (Å²) in [5.41, 5.74) is 1.13. The van der Waals surface area contributed by atoms with Crippen LogP contribution in [-0.4, -0.2) is 5.88 Å². The van der Waals surface area contributed by atoms with Crippen LogP contribution in [0, 0.1) is 5.92 Å². The fourth-order valence-corrected chi connectivity index (χ4v) is 1.11. The van der Waals surface area contributed by atoms with Crippen molar-refractivity contribution in [3.8, 4) is 0 Å². The molecule has 0 aromatic carbocycles. The first-order valence-electron chi connectivity index (χ1n) is 3.62. The van der Waals surface area contributed by atoms with Gasteiger partial charge in [-0.15, -0.1) is 11.6 Å². The molecule has 0 spiro atoms. The fourth-order valence-electron chi connectivity index (χ4n) is 0.903. The van der Waals surface area contributed by atoms with Crippen LogP contribution < -0.4 is 0 Å². The van der Waals surface area contributed by atoms with Gasteiger partial charge in [0.05, 0.1) is 0 Å². The van der Waals surface area contributed by atoms with E-state index in [0.29, 0.717) is 11.8 Å². The Hall–Kier alpha value is -0.750. The van der Waals surface area contributed by atoms with Crippen LogP contribution in [0.5, 0.6) is 0 Å². The quantitative estimate of drug-likeness (QED) is 0.553. The van der Waals surface area contributed by atoms with Gasteiger partial charge in [0.25, 0.3) is 0 Å². The van der Waals surface area contributed by atoms with Crippen molar-refractivity contribution in [2.45, 2.75) is 0 Å². The summed E-state index contributed by atoms with van der Waals surface area (Å²) < 4.78 is 0. The molecule has 0 nitrogen and oxygen atoms in total. The van der Waals surface area contributed by atoms with Crippen LogP contribution in [0.4, 0.5) is 0 Å². The van der Waals surface area contributed by atoms with Crippen molar-refractivity contribution >= 4 is 11.6 Å². The molecular weight excluding hydrogens is 156 g/mol. The number of hydrogen-bond acceptors (Lipinski definition) is 0. The number of hydrogen-bond donors (Lipinski definition) is 0. The third-order valence-corrected chi connectivity index (χ3v) is 1.95. The predicted octanol–water partition coefficient (Wildman–Crippen LogP) is 3.08. The highest BCUT2D eigenvalue weighted by Gasteiger charge is 1.98. The van der Waals surface area contributed by atoms with Gasteiger partial charge in [-0.25, -0.2) is 0 Å². The molecule has 58 valence electrons. The smallest absolute Gasteiger partial charge is 0.0321 e. The summed E-state index contributed by atoms with van der Waals surface area (Å²) in [5.74, 6) is 1.01. The second-order valence-electron chi connectivity index (χ2n) is 2.43. The SMILES string of the molecule is C=CC1=CC=CC(CCl)C=C1. The summed E-state index contributed by atoms with van der Waals surface area (Å²) in [7, 11) is 0. The zero-order valence-electron chi connectivity index (χ0n) is 6.33. The molecule has 11 heavy (non-hydrogen) atoms. The molecule has 0 aromatic heterocycles. The van der Waals surface area contributed by atoms with Gasteiger partial charge in [0.2, 0.25) is 0 Å². The standard InChI is InChI=1S/C10H11Cl/c1-2-9-4-3-5-10(8-11)7-6-9/h2-7,10H,1,8H2. The lowest BCUT2D eigenvalue weighted by Crippen LogP contribution is -1.90. The lowest BCUT2D eigenvalue weighted by atomic mass is 10.1. The number of allylic oxidation sites excluding steroid dienone is 7. The van der Waals surface area contributed by atoms with E-state index in [2.05, 4.69) is 18.7 Å². The molecule has 0 bridgehead atoms. The Labute approximate surface area is 72.6 Å². The summed E-state index contributed by atoms with van der Waals surface area (Å²) >= 11 is 5.69. The average molecular weight is 167 g/mol. The van der Waals surface area contributed by atoms with Crippen molar-refractivity contribution in [3.63, 3.8) is 0 Å². The van der Waals surface area contributed by atoms with Crippen LogP contribution in [-0.2, 0) is 0 Å². The first-order chi connectivity index (χ1) is 5.36. The first kappa shape index (κ1) is 8.35. The van der Waals surface area contributed by atoms with Gasteiger partial charge in [0.15, 0.2) is 0 Å². The van der Waals surface area contributed by atoms with Crippen molar-refractivity contribution in [3.05, 3.63) is 48.6 Å². The third-order valence-electron chi connectivity index (χ3n) is 1.60. The first-order valence-corrected chi connectivity index (χ1v) is 4.15. The van der Waals surface area contributed by atoms with Crippen LogP contribution in [0.1, 0.15) is 0 Å². The van der Waals surface area contributed by atoms with Crippen molar-refractivity contribution in [1.82, 2.24) is 0 Å². The molecular formula is C10H11Cl. The molecule has 1 heteroatoms. The van der Waals surface area contributed by atoms with E-state index >= 15 is 0 Å². The van der Waals surface area contributed by atoms with E-state index in [4.69, 9.17) is 11.6 Å². The lowest BCUT2D eigenvalue weighted by molar-refractivity contribution is 0.952. The molecule has 0 aromatic rings. The van der Waals surface area contributed by atoms with E-state index in [1.807, 2.05) is 24.3 Å². The number of rotatable bonds is 2. The normalized spacial score (nSPS) is 22.6. The van der Waals surface area contributed by atoms with Crippen LogP contribution in [0.2, 0.25) is 0 Å². The summed E-state index contributed by atoms with van der Waals surface area (Å²) in [5, 5.41) is 0. The van der Waals surface area contributed by atoms with Crippen molar-refractivity contribution in [1.29, 1.82) is 0 Å². The molecule has 1 rings (SSSR count). The highest BCUT2D eigenvalue weighted by Crippen LogP contribution is 2.11. The molecule has 1 atom stereocenters. The highest BCUT2D eigenvalue weighted by molar-refractivity contribution is 6.18. The Balaban J connectivity index is 2.73. The molecule has 0 amide bonds. The van der Waals surface area contributed by atoms with E-state index in [-0.39, 0.29) is 0 Å². The maximum Gasteiger partial charge on any atom is 0.0321 e. The minimum atomic E-state index is 0.366. The maximum atomic E-state index is 5.69. The molecule has 1 aliphatic rings. The molecule has 1 unspecified atom stereocenters. The minimum absolute atomic E-state index is 0.366. The fraction of sp³-hybridized carbons (Fsp3) is 0.200. The molecule has 0 heterocycles. The second kappa shape index (κ2) is 4.20. The molecule has 0 aliphatic heterocycles. The molecule has 1 aliphatic carbocycles. The Morgan fingerprint density at radius 1 is 1.55 bits per heavy atom. The summed E-state index contributed by atoms with van der Waals surface area (Å²) in [6.45, 7) is 3.69. The van der Waals surface area contributed by atoms with Crippen LogP contribution >= 0.6 is 11.6 Å².